The number of aromatic nitrogens is 2. The van der Waals surface area contributed by atoms with Crippen molar-refractivity contribution in [3.63, 3.8) is 0 Å². The molecule has 6 heteroatoms. The smallest absolute Gasteiger partial charge is 0.321 e. The molecule has 1 N–H and O–H groups in total. The van der Waals surface area contributed by atoms with E-state index in [2.05, 4.69) is 42.3 Å². The van der Waals surface area contributed by atoms with Crippen LogP contribution in [0.3, 0.4) is 0 Å². The number of anilines is 1. The molecule has 1 aromatic rings. The van der Waals surface area contributed by atoms with Gasteiger partial charge in [0.15, 0.2) is 0 Å². The fraction of sp³-hybridized carbons (Fsp3) is 0.682. The molecular weight excluding hydrogens is 350 g/mol. The second-order valence-corrected chi connectivity index (χ2v) is 9.13. The molecule has 1 amide bonds. The summed E-state index contributed by atoms with van der Waals surface area (Å²) in [5.41, 5.74) is 3.13. The number of carbonyl (C=O) groups is 1. The van der Waals surface area contributed by atoms with Gasteiger partial charge in [0.05, 0.1) is 13.0 Å². The Bertz CT molecular complexity index is 762. The molecule has 1 atom stereocenters. The number of hydrogen-bond acceptors (Lipinski definition) is 5. The lowest BCUT2D eigenvalue weighted by Gasteiger charge is -2.39. The highest BCUT2D eigenvalue weighted by Gasteiger charge is 2.43. The van der Waals surface area contributed by atoms with E-state index in [1.807, 2.05) is 6.20 Å². The van der Waals surface area contributed by atoms with Crippen LogP contribution < -0.4 is 5.32 Å². The van der Waals surface area contributed by atoms with Gasteiger partial charge >= 0.3 is 5.91 Å². The average Bonchev–Trinajstić information content (AvgIpc) is 2.70. The normalized spacial score (nSPS) is 27.2. The molecule has 1 saturated heterocycles. The monoisotopic (exact) mass is 384 g/mol. The summed E-state index contributed by atoms with van der Waals surface area (Å²) in [4.78, 5) is 25.2. The minimum absolute atomic E-state index is 0.146. The van der Waals surface area contributed by atoms with Crippen molar-refractivity contribution in [2.45, 2.75) is 64.5 Å². The third-order valence-corrected chi connectivity index (χ3v) is 7.00. The summed E-state index contributed by atoms with van der Waals surface area (Å²) in [6.45, 7) is 4.72. The molecule has 1 unspecified atom stereocenters. The minimum Gasteiger partial charge on any atom is -0.351 e. The van der Waals surface area contributed by atoms with Crippen LogP contribution in [0.1, 0.15) is 63.1 Å². The van der Waals surface area contributed by atoms with Gasteiger partial charge in [0, 0.05) is 30.8 Å². The highest BCUT2D eigenvalue weighted by Crippen LogP contribution is 2.33. The van der Waals surface area contributed by atoms with E-state index < -0.39 is 0 Å². The number of nitrogens with zero attached hydrogens (tertiary/aromatic N) is 4. The molecule has 2 fully saturated rings. The second-order valence-electron chi connectivity index (χ2n) is 9.13. The van der Waals surface area contributed by atoms with E-state index >= 15 is 0 Å². The standard InChI is InChI=1S/C22H34N5O/c1-16-13-18-14-23-22(24-19-7-5-4-6-8-19)25-20(18)15-27(16,3)21(28)17-9-11-26(2)12-10-17/h13-14,17,19H,4-12,15H2,1-3H3,(H,23,24,25)/q+1. The maximum absolute atomic E-state index is 13.5. The lowest BCUT2D eigenvalue weighted by atomic mass is 9.93. The molecule has 152 valence electrons. The first-order valence-corrected chi connectivity index (χ1v) is 10.9. The van der Waals surface area contributed by atoms with Crippen LogP contribution in [0, 0.1) is 5.92 Å². The highest BCUT2D eigenvalue weighted by molar-refractivity contribution is 5.75. The summed E-state index contributed by atoms with van der Waals surface area (Å²) in [5, 5.41) is 3.53. The molecule has 3 aliphatic rings. The zero-order valence-corrected chi connectivity index (χ0v) is 17.6. The third kappa shape index (κ3) is 3.85. The van der Waals surface area contributed by atoms with Gasteiger partial charge in [0.2, 0.25) is 5.95 Å². The number of amides is 1. The zero-order chi connectivity index (χ0) is 19.7. The molecule has 0 spiro atoms. The van der Waals surface area contributed by atoms with Crippen molar-refractivity contribution in [3.05, 3.63) is 23.2 Å². The van der Waals surface area contributed by atoms with Crippen molar-refractivity contribution in [3.8, 4) is 0 Å². The van der Waals surface area contributed by atoms with Crippen molar-refractivity contribution in [1.29, 1.82) is 0 Å². The Morgan fingerprint density at radius 2 is 1.89 bits per heavy atom. The van der Waals surface area contributed by atoms with Crippen molar-refractivity contribution in [2.75, 3.05) is 32.5 Å². The Morgan fingerprint density at radius 3 is 2.61 bits per heavy atom. The van der Waals surface area contributed by atoms with Crippen LogP contribution in [0.5, 0.6) is 0 Å². The van der Waals surface area contributed by atoms with Crippen LogP contribution in [-0.2, 0) is 11.3 Å². The fourth-order valence-corrected chi connectivity index (χ4v) is 4.87. The second kappa shape index (κ2) is 7.91. The van der Waals surface area contributed by atoms with Gasteiger partial charge in [-0.15, -0.1) is 0 Å². The highest BCUT2D eigenvalue weighted by atomic mass is 16.2. The number of fused-ring (bicyclic) bond motifs is 1. The lowest BCUT2D eigenvalue weighted by molar-refractivity contribution is -0.812. The molecule has 1 aromatic heterocycles. The third-order valence-electron chi connectivity index (χ3n) is 7.00. The minimum atomic E-state index is 0.146. The summed E-state index contributed by atoms with van der Waals surface area (Å²) < 4.78 is 0.348. The predicted molar refractivity (Wildman–Crippen MR) is 111 cm³/mol. The first kappa shape index (κ1) is 19.5. The van der Waals surface area contributed by atoms with Crippen molar-refractivity contribution in [1.82, 2.24) is 14.9 Å². The van der Waals surface area contributed by atoms with Crippen LogP contribution in [0.15, 0.2) is 11.9 Å². The number of hydrogen-bond donors (Lipinski definition) is 1. The molecule has 1 aliphatic carbocycles. The molecule has 0 aromatic carbocycles. The van der Waals surface area contributed by atoms with Gasteiger partial charge in [-0.3, -0.25) is 0 Å². The Balaban J connectivity index is 1.52. The number of carbonyl (C=O) groups excluding carboxylic acids is 1. The Morgan fingerprint density at radius 1 is 1.18 bits per heavy atom. The van der Waals surface area contributed by atoms with Crippen molar-refractivity contribution >= 4 is 17.9 Å². The SMILES string of the molecule is CC1=Cc2cnc(NC3CCCCC3)nc2C[N+]1(C)C(=O)C1CCN(C)CC1. The van der Waals surface area contributed by atoms with E-state index in [4.69, 9.17) is 4.98 Å². The Hall–Kier alpha value is -1.79. The lowest BCUT2D eigenvalue weighted by Crippen LogP contribution is -2.53. The molecule has 6 nitrogen and oxygen atoms in total. The number of allylic oxidation sites excluding steroid dienone is 1. The van der Waals surface area contributed by atoms with Crippen molar-refractivity contribution < 1.29 is 9.28 Å². The summed E-state index contributed by atoms with van der Waals surface area (Å²) in [6.07, 6.45) is 12.2. The molecule has 0 bridgehead atoms. The van der Waals surface area contributed by atoms with Gasteiger partial charge in [-0.25, -0.2) is 19.2 Å². The summed E-state index contributed by atoms with van der Waals surface area (Å²) in [7, 11) is 4.20. The quantitative estimate of drug-likeness (QED) is 0.810. The van der Waals surface area contributed by atoms with Gasteiger partial charge in [0.1, 0.15) is 17.9 Å². The number of quaternary nitrogens is 1. The number of nitrogens with one attached hydrogen (secondary N) is 1. The number of rotatable bonds is 3. The summed E-state index contributed by atoms with van der Waals surface area (Å²) in [5.74, 6) is 1.21. The van der Waals surface area contributed by atoms with E-state index in [0.29, 0.717) is 23.0 Å². The molecule has 3 heterocycles. The van der Waals surface area contributed by atoms with Gasteiger partial charge in [-0.2, -0.15) is 0 Å². The van der Waals surface area contributed by atoms with E-state index in [9.17, 15) is 4.79 Å². The largest absolute Gasteiger partial charge is 0.351 e. The van der Waals surface area contributed by atoms with Crippen LogP contribution >= 0.6 is 0 Å². The summed E-state index contributed by atoms with van der Waals surface area (Å²) in [6, 6.07) is 0.481. The summed E-state index contributed by atoms with van der Waals surface area (Å²) >= 11 is 0. The zero-order valence-electron chi connectivity index (χ0n) is 17.6. The molecule has 28 heavy (non-hydrogen) atoms. The maximum atomic E-state index is 13.5. The molecule has 0 radical (unpaired) electrons. The Labute approximate surface area is 168 Å². The van der Waals surface area contributed by atoms with Gasteiger partial charge in [-0.1, -0.05) is 19.3 Å². The molecule has 4 rings (SSSR count). The van der Waals surface area contributed by atoms with Crippen LogP contribution in [0.25, 0.3) is 6.08 Å². The van der Waals surface area contributed by atoms with Crippen LogP contribution in [0.4, 0.5) is 5.95 Å². The van der Waals surface area contributed by atoms with E-state index in [-0.39, 0.29) is 5.92 Å². The van der Waals surface area contributed by atoms with Crippen LogP contribution in [0.2, 0.25) is 0 Å². The number of piperidine rings is 1. The van der Waals surface area contributed by atoms with Crippen molar-refractivity contribution in [2.24, 2.45) is 5.92 Å². The van der Waals surface area contributed by atoms with E-state index in [1.54, 1.807) is 0 Å². The maximum Gasteiger partial charge on any atom is 0.321 e. The fourth-order valence-electron chi connectivity index (χ4n) is 4.87. The number of likely N-dealkylation sites (tertiary alicyclic amines) is 1. The van der Waals surface area contributed by atoms with E-state index in [0.717, 1.165) is 48.8 Å². The van der Waals surface area contributed by atoms with Crippen LogP contribution in [-0.4, -0.2) is 58.5 Å². The molecule has 1 saturated carbocycles. The first-order valence-electron chi connectivity index (χ1n) is 10.9. The van der Waals surface area contributed by atoms with Gasteiger partial charge in [-0.05, 0) is 45.8 Å². The molecular formula is C22H34N5O+. The van der Waals surface area contributed by atoms with Gasteiger partial charge in [0.25, 0.3) is 0 Å². The topological polar surface area (TPSA) is 58.1 Å². The predicted octanol–water partition coefficient (Wildman–Crippen LogP) is 3.41. The van der Waals surface area contributed by atoms with Gasteiger partial charge < -0.3 is 10.2 Å². The van der Waals surface area contributed by atoms with E-state index in [1.165, 1.54) is 32.1 Å². The first-order chi connectivity index (χ1) is 13.5. The Kier molecular flexibility index (Phi) is 5.52. The molecule has 2 aliphatic heterocycles. The average molecular weight is 385 g/mol.